The van der Waals surface area contributed by atoms with Crippen LogP contribution < -0.4 is 10.4 Å². The highest BCUT2D eigenvalue weighted by Gasteiger charge is 2.53. The summed E-state index contributed by atoms with van der Waals surface area (Å²) in [5, 5.41) is 23.6. The van der Waals surface area contributed by atoms with E-state index in [-0.39, 0.29) is 17.2 Å². The van der Waals surface area contributed by atoms with E-state index in [0.717, 1.165) is 10.4 Å². The molecule has 3 unspecified atom stereocenters. The molecule has 2 N–H and O–H groups in total. The zero-order valence-corrected chi connectivity index (χ0v) is 23.9. The van der Waals surface area contributed by atoms with Crippen LogP contribution in [0.25, 0.3) is 0 Å². The Bertz CT molecular complexity index is 1240. The average molecular weight is 540 g/mol. The number of phenols is 1. The highest BCUT2D eigenvalue weighted by Crippen LogP contribution is 2.40. The van der Waals surface area contributed by atoms with Crippen molar-refractivity contribution in [2.24, 2.45) is 5.41 Å². The smallest absolute Gasteiger partial charge is 0.243 e. The Labute approximate surface area is 222 Å². The molecule has 3 atom stereocenters. The quantitative estimate of drug-likeness (QED) is 0.450. The van der Waals surface area contributed by atoms with Crippen molar-refractivity contribution in [2.45, 2.75) is 63.2 Å². The van der Waals surface area contributed by atoms with Gasteiger partial charge in [-0.05, 0) is 59.8 Å². The second-order valence-electron chi connectivity index (χ2n) is 11.1. The lowest BCUT2D eigenvalue weighted by atomic mass is 9.75. The summed E-state index contributed by atoms with van der Waals surface area (Å²) >= 11 is 0. The molecule has 0 spiro atoms. The molecule has 0 radical (unpaired) electrons. The number of sulfonamides is 1. The Hall–Kier alpha value is -2.49. The molecule has 1 fully saturated rings. The summed E-state index contributed by atoms with van der Waals surface area (Å²) in [6.45, 7) is 8.11. The van der Waals surface area contributed by atoms with Crippen molar-refractivity contribution in [1.29, 1.82) is 0 Å². The molecule has 0 saturated carbocycles. The predicted molar refractivity (Wildman–Crippen MR) is 149 cm³/mol. The molecule has 0 amide bonds. The third-order valence-corrected chi connectivity index (χ3v) is 11.5. The number of phenolic OH excluding ortho intramolecular Hbond substituents is 1. The fourth-order valence-electron chi connectivity index (χ4n) is 5.19. The molecule has 1 aliphatic rings. The highest BCUT2D eigenvalue weighted by atomic mass is 32.2. The summed E-state index contributed by atoms with van der Waals surface area (Å²) in [7, 11) is -6.24. The van der Waals surface area contributed by atoms with Gasteiger partial charge in [0.1, 0.15) is 5.75 Å². The minimum absolute atomic E-state index is 0.00314. The monoisotopic (exact) mass is 539 g/mol. The van der Waals surface area contributed by atoms with Crippen molar-refractivity contribution >= 4 is 29.4 Å². The number of aliphatic hydroxyl groups is 1. The lowest BCUT2D eigenvalue weighted by molar-refractivity contribution is -0.105. The number of piperidine rings is 1. The third kappa shape index (κ3) is 5.99. The fourth-order valence-corrected chi connectivity index (χ4v) is 9.64. The molecular weight excluding hydrogens is 502 g/mol. The molecule has 8 heteroatoms. The molecule has 3 aromatic carbocycles. The van der Waals surface area contributed by atoms with Crippen LogP contribution in [0.4, 0.5) is 0 Å². The molecule has 0 aromatic heterocycles. The number of hydrogen-bond donors (Lipinski definition) is 2. The van der Waals surface area contributed by atoms with Crippen molar-refractivity contribution in [3.63, 3.8) is 0 Å². The van der Waals surface area contributed by atoms with Crippen molar-refractivity contribution < 1.29 is 23.1 Å². The molecular formula is C29H37NO5SSi. The van der Waals surface area contributed by atoms with Crippen LogP contribution in [0.5, 0.6) is 5.75 Å². The number of benzene rings is 3. The van der Waals surface area contributed by atoms with E-state index in [2.05, 4.69) is 24.3 Å². The summed E-state index contributed by atoms with van der Waals surface area (Å²) in [6.07, 6.45) is 0.417. The Morgan fingerprint density at radius 3 is 1.95 bits per heavy atom. The van der Waals surface area contributed by atoms with Crippen molar-refractivity contribution in [3.05, 3.63) is 84.9 Å². The lowest BCUT2D eigenvalue weighted by Crippen LogP contribution is -2.67. The van der Waals surface area contributed by atoms with E-state index in [1.54, 1.807) is 6.92 Å². The standard InChI is InChI=1S/C29H37NO5SSi/c1-28(2,3)27(35-37(24-12-7-5-8-13-24)25-14-9-6-10-15-25)26-29(4,32)20-11-21-30(26)36(33,34)23-18-16-22(31)17-19-23/h5-10,12-19,26-27,31-32,37H,11,20-21H2,1-4H3. The molecule has 37 heavy (non-hydrogen) atoms. The topological polar surface area (TPSA) is 87.1 Å². The van der Waals surface area contributed by atoms with Crippen LogP contribution in [-0.4, -0.2) is 56.3 Å². The van der Waals surface area contributed by atoms with Crippen LogP contribution in [0.15, 0.2) is 89.8 Å². The van der Waals surface area contributed by atoms with Gasteiger partial charge >= 0.3 is 0 Å². The average Bonchev–Trinajstić information content (AvgIpc) is 2.85. The first-order valence-corrected chi connectivity index (χ1v) is 15.8. The number of aromatic hydroxyl groups is 1. The molecule has 198 valence electrons. The number of nitrogens with zero attached hydrogens (tertiary/aromatic N) is 1. The van der Waals surface area contributed by atoms with Crippen LogP contribution in [0.2, 0.25) is 0 Å². The maximum Gasteiger partial charge on any atom is 0.243 e. The molecule has 6 nitrogen and oxygen atoms in total. The van der Waals surface area contributed by atoms with Crippen LogP contribution >= 0.6 is 0 Å². The fraction of sp³-hybridized carbons (Fsp3) is 0.379. The zero-order valence-electron chi connectivity index (χ0n) is 21.9. The van der Waals surface area contributed by atoms with E-state index in [1.165, 1.54) is 28.6 Å². The Balaban J connectivity index is 1.82. The van der Waals surface area contributed by atoms with Gasteiger partial charge in [-0.1, -0.05) is 81.4 Å². The largest absolute Gasteiger partial charge is 0.508 e. The summed E-state index contributed by atoms with van der Waals surface area (Å²) in [5.74, 6) is -0.00314. The zero-order chi connectivity index (χ0) is 26.8. The van der Waals surface area contributed by atoms with E-state index < -0.39 is 42.2 Å². The Kier molecular flexibility index (Phi) is 7.97. The van der Waals surface area contributed by atoms with Gasteiger partial charge in [-0.3, -0.25) is 0 Å². The molecule has 1 aliphatic heterocycles. The minimum Gasteiger partial charge on any atom is -0.508 e. The Morgan fingerprint density at radius 2 is 1.46 bits per heavy atom. The van der Waals surface area contributed by atoms with E-state index >= 15 is 0 Å². The number of hydrogen-bond acceptors (Lipinski definition) is 5. The Morgan fingerprint density at radius 1 is 0.946 bits per heavy atom. The van der Waals surface area contributed by atoms with Crippen molar-refractivity contribution in [3.8, 4) is 5.75 Å². The highest BCUT2D eigenvalue weighted by molar-refractivity contribution is 7.89. The van der Waals surface area contributed by atoms with Crippen LogP contribution in [-0.2, 0) is 14.4 Å². The van der Waals surface area contributed by atoms with E-state index in [1.807, 2.05) is 57.2 Å². The first-order chi connectivity index (χ1) is 17.4. The lowest BCUT2D eigenvalue weighted by Gasteiger charge is -2.51. The van der Waals surface area contributed by atoms with Gasteiger partial charge < -0.3 is 14.6 Å². The summed E-state index contributed by atoms with van der Waals surface area (Å²) in [5.41, 5.74) is -1.78. The molecule has 3 aromatic rings. The van der Waals surface area contributed by atoms with E-state index in [9.17, 15) is 18.6 Å². The van der Waals surface area contributed by atoms with Gasteiger partial charge in [0.25, 0.3) is 0 Å². The normalized spacial score (nSPS) is 22.2. The van der Waals surface area contributed by atoms with Gasteiger partial charge in [0.2, 0.25) is 19.1 Å². The van der Waals surface area contributed by atoms with Gasteiger partial charge in [0.05, 0.1) is 22.6 Å². The maximum absolute atomic E-state index is 13.9. The summed E-state index contributed by atoms with van der Waals surface area (Å²) < 4.78 is 36.4. The van der Waals surface area contributed by atoms with Gasteiger partial charge in [0.15, 0.2) is 0 Å². The SMILES string of the molecule is CC(C)(C)C(O[SiH](c1ccccc1)c1ccccc1)C1N(S(=O)(=O)c2ccc(O)cc2)CCCC1(C)O. The van der Waals surface area contributed by atoms with Crippen molar-refractivity contribution in [1.82, 2.24) is 4.31 Å². The van der Waals surface area contributed by atoms with Gasteiger partial charge in [-0.15, -0.1) is 0 Å². The molecule has 1 heterocycles. The molecule has 0 aliphatic carbocycles. The molecule has 0 bridgehead atoms. The summed E-state index contributed by atoms with van der Waals surface area (Å²) in [6, 6.07) is 24.9. The van der Waals surface area contributed by atoms with E-state index in [4.69, 9.17) is 4.43 Å². The van der Waals surface area contributed by atoms with Crippen LogP contribution in [0.3, 0.4) is 0 Å². The first-order valence-electron chi connectivity index (χ1n) is 12.7. The van der Waals surface area contributed by atoms with Crippen molar-refractivity contribution in [2.75, 3.05) is 6.54 Å². The third-order valence-electron chi connectivity index (χ3n) is 7.08. The number of rotatable bonds is 7. The van der Waals surface area contributed by atoms with Crippen LogP contribution in [0, 0.1) is 5.41 Å². The molecule has 1 saturated heterocycles. The van der Waals surface area contributed by atoms with Gasteiger partial charge in [-0.2, -0.15) is 4.31 Å². The maximum atomic E-state index is 13.9. The minimum atomic E-state index is -3.97. The second-order valence-corrected chi connectivity index (χ2v) is 15.4. The van der Waals surface area contributed by atoms with Crippen LogP contribution in [0.1, 0.15) is 40.5 Å². The van der Waals surface area contributed by atoms with Gasteiger partial charge in [-0.25, -0.2) is 8.42 Å². The van der Waals surface area contributed by atoms with Gasteiger partial charge in [0, 0.05) is 6.54 Å². The molecule has 4 rings (SSSR count). The predicted octanol–water partition coefficient (Wildman–Crippen LogP) is 3.27. The van der Waals surface area contributed by atoms with E-state index in [0.29, 0.717) is 12.8 Å². The first kappa shape index (κ1) is 27.5. The second kappa shape index (κ2) is 10.7. The summed E-state index contributed by atoms with van der Waals surface area (Å²) in [4.78, 5) is 0.0839.